The Labute approximate surface area is 120 Å². The largest absolute Gasteiger partial charge is 0.464 e. The summed E-state index contributed by atoms with van der Waals surface area (Å²) in [4.78, 5) is 15.6. The average molecular weight is 276 g/mol. The summed E-state index contributed by atoms with van der Waals surface area (Å²) < 4.78 is 4.71. The predicted octanol–water partition coefficient (Wildman–Crippen LogP) is 3.64. The van der Waals surface area contributed by atoms with Crippen molar-refractivity contribution in [2.24, 2.45) is 5.92 Å². The Kier molecular flexibility index (Phi) is 5.39. The molecular formula is C16H24N2O2. The molecule has 1 heterocycles. The van der Waals surface area contributed by atoms with Gasteiger partial charge in [0, 0.05) is 17.9 Å². The third kappa shape index (κ3) is 3.71. The number of methoxy groups -OCH3 is 1. The lowest BCUT2D eigenvalue weighted by Crippen LogP contribution is -2.30. The van der Waals surface area contributed by atoms with Crippen LogP contribution < -0.4 is 5.32 Å². The molecule has 1 N–H and O–H groups in total. The van der Waals surface area contributed by atoms with Crippen LogP contribution in [0.2, 0.25) is 0 Å². The SMILES string of the molecule is CCC(Nc1ccnc(C(=O)OC)c1)C1CCCCC1. The van der Waals surface area contributed by atoms with Crippen LogP contribution >= 0.6 is 0 Å². The number of aromatic nitrogens is 1. The van der Waals surface area contributed by atoms with Crippen molar-refractivity contribution in [2.75, 3.05) is 12.4 Å². The number of nitrogens with zero attached hydrogens (tertiary/aromatic N) is 1. The van der Waals surface area contributed by atoms with Crippen LogP contribution in [-0.2, 0) is 4.74 Å². The zero-order valence-electron chi connectivity index (χ0n) is 12.4. The fourth-order valence-electron chi connectivity index (χ4n) is 3.04. The molecule has 110 valence electrons. The first-order valence-corrected chi connectivity index (χ1v) is 7.55. The van der Waals surface area contributed by atoms with Gasteiger partial charge in [-0.3, -0.25) is 0 Å². The Morgan fingerprint density at radius 3 is 2.85 bits per heavy atom. The molecule has 0 radical (unpaired) electrons. The topological polar surface area (TPSA) is 51.2 Å². The van der Waals surface area contributed by atoms with Crippen LogP contribution in [0.4, 0.5) is 5.69 Å². The maximum atomic E-state index is 11.5. The molecule has 1 aliphatic carbocycles. The van der Waals surface area contributed by atoms with Gasteiger partial charge in [0.15, 0.2) is 0 Å². The van der Waals surface area contributed by atoms with Crippen molar-refractivity contribution in [3.05, 3.63) is 24.0 Å². The van der Waals surface area contributed by atoms with Gasteiger partial charge in [-0.25, -0.2) is 9.78 Å². The fraction of sp³-hybridized carbons (Fsp3) is 0.625. The maximum Gasteiger partial charge on any atom is 0.356 e. The minimum Gasteiger partial charge on any atom is -0.464 e. The first-order chi connectivity index (χ1) is 9.74. The highest BCUT2D eigenvalue weighted by Crippen LogP contribution is 2.29. The van der Waals surface area contributed by atoms with E-state index in [0.29, 0.717) is 11.7 Å². The van der Waals surface area contributed by atoms with Crippen LogP contribution in [0.5, 0.6) is 0 Å². The number of nitrogens with one attached hydrogen (secondary N) is 1. The quantitative estimate of drug-likeness (QED) is 0.834. The van der Waals surface area contributed by atoms with Crippen molar-refractivity contribution in [3.8, 4) is 0 Å². The Balaban J connectivity index is 2.05. The minimum atomic E-state index is -0.389. The van der Waals surface area contributed by atoms with Gasteiger partial charge in [0.1, 0.15) is 5.69 Å². The number of carbonyl (C=O) groups excluding carboxylic acids is 1. The van der Waals surface area contributed by atoms with Gasteiger partial charge in [-0.05, 0) is 37.3 Å². The molecule has 1 aromatic rings. The number of anilines is 1. The van der Waals surface area contributed by atoms with Crippen LogP contribution in [0.1, 0.15) is 55.9 Å². The summed E-state index contributed by atoms with van der Waals surface area (Å²) in [5, 5.41) is 3.57. The summed E-state index contributed by atoms with van der Waals surface area (Å²) in [6.45, 7) is 2.22. The second kappa shape index (κ2) is 7.27. The van der Waals surface area contributed by atoms with E-state index in [-0.39, 0.29) is 5.97 Å². The van der Waals surface area contributed by atoms with Crippen LogP contribution in [0.15, 0.2) is 18.3 Å². The summed E-state index contributed by atoms with van der Waals surface area (Å²) in [7, 11) is 1.38. The van der Waals surface area contributed by atoms with Gasteiger partial charge < -0.3 is 10.1 Å². The number of hydrogen-bond donors (Lipinski definition) is 1. The maximum absolute atomic E-state index is 11.5. The van der Waals surface area contributed by atoms with E-state index in [9.17, 15) is 4.79 Å². The molecule has 1 unspecified atom stereocenters. The minimum absolute atomic E-state index is 0.357. The molecule has 0 aromatic carbocycles. The van der Waals surface area contributed by atoms with Gasteiger partial charge >= 0.3 is 5.97 Å². The zero-order chi connectivity index (χ0) is 14.4. The first kappa shape index (κ1) is 14.8. The molecule has 20 heavy (non-hydrogen) atoms. The molecule has 1 aliphatic rings. The Morgan fingerprint density at radius 1 is 1.45 bits per heavy atom. The highest BCUT2D eigenvalue weighted by Gasteiger charge is 2.22. The molecule has 0 amide bonds. The summed E-state index contributed by atoms with van der Waals surface area (Å²) in [6.07, 6.45) is 9.41. The lowest BCUT2D eigenvalue weighted by molar-refractivity contribution is 0.0594. The van der Waals surface area contributed by atoms with Crippen LogP contribution in [0.25, 0.3) is 0 Å². The highest BCUT2D eigenvalue weighted by atomic mass is 16.5. The second-order valence-corrected chi connectivity index (χ2v) is 5.48. The normalized spacial score (nSPS) is 17.5. The molecular weight excluding hydrogens is 252 g/mol. The van der Waals surface area contributed by atoms with E-state index >= 15 is 0 Å². The van der Waals surface area contributed by atoms with Gasteiger partial charge in [0.05, 0.1) is 7.11 Å². The van der Waals surface area contributed by atoms with Crippen molar-refractivity contribution in [1.29, 1.82) is 0 Å². The Bertz CT molecular complexity index is 442. The number of ether oxygens (including phenoxy) is 1. The second-order valence-electron chi connectivity index (χ2n) is 5.48. The van der Waals surface area contributed by atoms with Crippen molar-refractivity contribution < 1.29 is 9.53 Å². The van der Waals surface area contributed by atoms with Gasteiger partial charge in [0.25, 0.3) is 0 Å². The van der Waals surface area contributed by atoms with E-state index in [2.05, 4.69) is 17.2 Å². The molecule has 0 aliphatic heterocycles. The number of esters is 1. The van der Waals surface area contributed by atoms with Gasteiger partial charge in [-0.2, -0.15) is 0 Å². The molecule has 0 saturated heterocycles. The molecule has 1 atom stereocenters. The van der Waals surface area contributed by atoms with Gasteiger partial charge in [-0.15, -0.1) is 0 Å². The van der Waals surface area contributed by atoms with Gasteiger partial charge in [0.2, 0.25) is 0 Å². The van der Waals surface area contributed by atoms with E-state index in [0.717, 1.165) is 18.0 Å². The molecule has 4 heteroatoms. The van der Waals surface area contributed by atoms with Crippen molar-refractivity contribution in [1.82, 2.24) is 4.98 Å². The molecule has 2 rings (SSSR count). The van der Waals surface area contributed by atoms with Crippen molar-refractivity contribution in [2.45, 2.75) is 51.5 Å². The van der Waals surface area contributed by atoms with E-state index in [1.54, 1.807) is 12.3 Å². The molecule has 0 spiro atoms. The lowest BCUT2D eigenvalue weighted by atomic mass is 9.83. The standard InChI is InChI=1S/C16H24N2O2/c1-3-14(12-7-5-4-6-8-12)18-13-9-10-17-15(11-13)16(19)20-2/h9-12,14H,3-8H2,1-2H3,(H,17,18). The Hall–Kier alpha value is -1.58. The predicted molar refractivity (Wildman–Crippen MR) is 79.9 cm³/mol. The fourth-order valence-corrected chi connectivity index (χ4v) is 3.04. The van der Waals surface area contributed by atoms with Crippen LogP contribution in [0.3, 0.4) is 0 Å². The van der Waals surface area contributed by atoms with Gasteiger partial charge in [-0.1, -0.05) is 26.2 Å². The molecule has 1 fully saturated rings. The zero-order valence-corrected chi connectivity index (χ0v) is 12.4. The van der Waals surface area contributed by atoms with Crippen LogP contribution in [-0.4, -0.2) is 24.1 Å². The number of hydrogen-bond acceptors (Lipinski definition) is 4. The van der Waals surface area contributed by atoms with E-state index in [1.807, 2.05) is 6.07 Å². The van der Waals surface area contributed by atoms with Crippen molar-refractivity contribution >= 4 is 11.7 Å². The average Bonchev–Trinajstić information content (AvgIpc) is 2.53. The third-order valence-corrected chi connectivity index (χ3v) is 4.17. The summed E-state index contributed by atoms with van der Waals surface area (Å²) in [5.41, 5.74) is 1.31. The highest BCUT2D eigenvalue weighted by molar-refractivity contribution is 5.88. The van der Waals surface area contributed by atoms with Crippen LogP contribution in [0, 0.1) is 5.92 Å². The summed E-state index contributed by atoms with van der Waals surface area (Å²) in [5.74, 6) is 0.350. The molecule has 4 nitrogen and oxygen atoms in total. The first-order valence-electron chi connectivity index (χ1n) is 7.55. The lowest BCUT2D eigenvalue weighted by Gasteiger charge is -2.31. The van der Waals surface area contributed by atoms with E-state index in [1.165, 1.54) is 39.2 Å². The summed E-state index contributed by atoms with van der Waals surface area (Å²) in [6, 6.07) is 4.16. The monoisotopic (exact) mass is 276 g/mol. The summed E-state index contributed by atoms with van der Waals surface area (Å²) >= 11 is 0. The van der Waals surface area contributed by atoms with Crippen molar-refractivity contribution in [3.63, 3.8) is 0 Å². The number of carbonyl (C=O) groups is 1. The Morgan fingerprint density at radius 2 is 2.20 bits per heavy atom. The molecule has 0 bridgehead atoms. The number of pyridine rings is 1. The van der Waals surface area contributed by atoms with E-state index in [4.69, 9.17) is 4.74 Å². The number of rotatable bonds is 5. The molecule has 1 aromatic heterocycles. The third-order valence-electron chi connectivity index (χ3n) is 4.17. The smallest absolute Gasteiger partial charge is 0.356 e. The molecule has 1 saturated carbocycles. The van der Waals surface area contributed by atoms with E-state index < -0.39 is 0 Å².